The van der Waals surface area contributed by atoms with Gasteiger partial charge in [0.15, 0.2) is 5.76 Å². The first-order chi connectivity index (χ1) is 12.7. The lowest BCUT2D eigenvalue weighted by Crippen LogP contribution is -2.51. The van der Waals surface area contributed by atoms with Gasteiger partial charge in [-0.05, 0) is 44.5 Å². The Balaban J connectivity index is 1.64. The molecule has 1 fully saturated rings. The second-order valence-electron chi connectivity index (χ2n) is 6.44. The highest BCUT2D eigenvalue weighted by Crippen LogP contribution is 2.24. The van der Waals surface area contributed by atoms with Crippen LogP contribution in [-0.2, 0) is 10.0 Å². The number of rotatable bonds is 3. The van der Waals surface area contributed by atoms with Crippen molar-refractivity contribution in [3.8, 4) is 0 Å². The van der Waals surface area contributed by atoms with Crippen molar-refractivity contribution < 1.29 is 17.7 Å². The van der Waals surface area contributed by atoms with Gasteiger partial charge in [0.05, 0.1) is 0 Å². The second kappa shape index (κ2) is 7.61. The predicted octanol–water partition coefficient (Wildman–Crippen LogP) is 2.90. The summed E-state index contributed by atoms with van der Waals surface area (Å²) in [5.74, 6) is 0.276. The highest BCUT2D eigenvalue weighted by molar-refractivity contribution is 9.10. The van der Waals surface area contributed by atoms with Crippen molar-refractivity contribution in [3.05, 3.63) is 39.7 Å². The molecule has 3 rings (SSSR count). The third-order valence-corrected chi connectivity index (χ3v) is 7.53. The monoisotopic (exact) mass is 456 g/mol. The number of anilines is 1. The van der Waals surface area contributed by atoms with Crippen LogP contribution in [-0.4, -0.2) is 55.0 Å². The lowest BCUT2D eigenvalue weighted by molar-refractivity contribution is 0.184. The molecule has 1 saturated heterocycles. The molecule has 0 radical (unpaired) electrons. The Bertz CT molecular complexity index is 946. The van der Waals surface area contributed by atoms with Crippen LogP contribution in [0.25, 0.3) is 0 Å². The van der Waals surface area contributed by atoms with Crippen LogP contribution in [0.15, 0.2) is 32.1 Å². The number of halogens is 1. The lowest BCUT2D eigenvalue weighted by atomic mass is 10.2. The number of hydrogen-bond donors (Lipinski definition) is 1. The Hall–Kier alpha value is -1.91. The van der Waals surface area contributed by atoms with Gasteiger partial charge in [-0.15, -0.1) is 0 Å². The smallest absolute Gasteiger partial charge is 0.321 e. The molecule has 1 aromatic heterocycles. The van der Waals surface area contributed by atoms with E-state index in [0.717, 1.165) is 10.0 Å². The van der Waals surface area contributed by atoms with Crippen molar-refractivity contribution in [1.82, 2.24) is 14.4 Å². The summed E-state index contributed by atoms with van der Waals surface area (Å²) in [4.78, 5) is 14.2. The Labute approximate surface area is 166 Å². The number of nitrogens with zero attached hydrogens (tertiary/aromatic N) is 3. The van der Waals surface area contributed by atoms with Gasteiger partial charge in [-0.25, -0.2) is 13.2 Å². The molecule has 0 saturated carbocycles. The molecular formula is C17H21BrN4O4S. The molecular weight excluding hydrogens is 436 g/mol. The highest BCUT2D eigenvalue weighted by atomic mass is 79.9. The summed E-state index contributed by atoms with van der Waals surface area (Å²) in [6.07, 6.45) is 0. The van der Waals surface area contributed by atoms with Crippen LogP contribution in [0, 0.1) is 20.8 Å². The van der Waals surface area contributed by atoms with Crippen molar-refractivity contribution in [2.45, 2.75) is 25.7 Å². The number of piperazine rings is 1. The fraction of sp³-hybridized carbons (Fsp3) is 0.412. The average Bonchev–Trinajstić information content (AvgIpc) is 2.97. The number of sulfonamides is 1. The summed E-state index contributed by atoms with van der Waals surface area (Å²) in [6.45, 7) is 6.19. The second-order valence-corrected chi connectivity index (χ2v) is 9.17. The number of amides is 2. The van der Waals surface area contributed by atoms with Crippen molar-refractivity contribution in [1.29, 1.82) is 0 Å². The van der Waals surface area contributed by atoms with Gasteiger partial charge in [0, 0.05) is 36.3 Å². The normalized spacial score (nSPS) is 15.8. The minimum Gasteiger partial charge on any atom is -0.360 e. The summed E-state index contributed by atoms with van der Waals surface area (Å²) in [6, 6.07) is 5.32. The van der Waals surface area contributed by atoms with Gasteiger partial charge in [-0.1, -0.05) is 21.1 Å². The van der Waals surface area contributed by atoms with E-state index in [1.54, 1.807) is 18.7 Å². The van der Waals surface area contributed by atoms with E-state index in [1.807, 2.05) is 25.1 Å². The molecule has 0 aliphatic carbocycles. The number of aryl methyl sites for hydroxylation is 3. The van der Waals surface area contributed by atoms with Crippen LogP contribution in [0.3, 0.4) is 0 Å². The Kier molecular flexibility index (Phi) is 5.59. The number of hydrogen-bond acceptors (Lipinski definition) is 5. The van der Waals surface area contributed by atoms with Crippen molar-refractivity contribution in [2.24, 2.45) is 0 Å². The van der Waals surface area contributed by atoms with E-state index >= 15 is 0 Å². The minimum atomic E-state index is -3.68. The van der Waals surface area contributed by atoms with E-state index in [9.17, 15) is 13.2 Å². The fourth-order valence-electron chi connectivity index (χ4n) is 3.03. The van der Waals surface area contributed by atoms with Crippen LogP contribution >= 0.6 is 15.9 Å². The molecule has 0 spiro atoms. The van der Waals surface area contributed by atoms with Crippen LogP contribution in [0.2, 0.25) is 0 Å². The van der Waals surface area contributed by atoms with Crippen molar-refractivity contribution in [3.63, 3.8) is 0 Å². The van der Waals surface area contributed by atoms with Gasteiger partial charge in [-0.3, -0.25) is 0 Å². The zero-order valence-corrected chi connectivity index (χ0v) is 17.7. The van der Waals surface area contributed by atoms with E-state index < -0.39 is 10.0 Å². The molecule has 1 aromatic carbocycles. The first-order valence-electron chi connectivity index (χ1n) is 8.45. The third-order valence-electron chi connectivity index (χ3n) is 4.50. The van der Waals surface area contributed by atoms with Gasteiger partial charge in [0.25, 0.3) is 0 Å². The average molecular weight is 457 g/mol. The van der Waals surface area contributed by atoms with Gasteiger partial charge >= 0.3 is 6.03 Å². The number of nitrogens with one attached hydrogen (secondary N) is 1. The van der Waals surface area contributed by atoms with E-state index in [4.69, 9.17) is 4.52 Å². The lowest BCUT2D eigenvalue weighted by Gasteiger charge is -2.33. The number of benzene rings is 1. The third kappa shape index (κ3) is 4.02. The molecule has 8 nitrogen and oxygen atoms in total. The molecule has 2 amide bonds. The maximum Gasteiger partial charge on any atom is 0.321 e. The molecule has 10 heteroatoms. The standard InChI is InChI=1S/C17H21BrN4O4S/c1-11-10-14(4-5-15(11)18)19-17(23)21-6-8-22(9-7-21)27(24,25)16-12(2)20-26-13(16)3/h4-5,10H,6-9H2,1-3H3,(H,19,23). The topological polar surface area (TPSA) is 95.8 Å². The van der Waals surface area contributed by atoms with Crippen LogP contribution in [0.5, 0.6) is 0 Å². The summed E-state index contributed by atoms with van der Waals surface area (Å²) >= 11 is 3.43. The van der Waals surface area contributed by atoms with Gasteiger partial charge in [0.2, 0.25) is 10.0 Å². The Morgan fingerprint density at radius 2 is 1.85 bits per heavy atom. The summed E-state index contributed by atoms with van der Waals surface area (Å²) < 4.78 is 33.0. The zero-order valence-electron chi connectivity index (χ0n) is 15.3. The SMILES string of the molecule is Cc1cc(NC(=O)N2CCN(S(=O)(=O)c3c(C)noc3C)CC2)ccc1Br. The zero-order chi connectivity index (χ0) is 19.8. The molecule has 1 aliphatic heterocycles. The summed E-state index contributed by atoms with van der Waals surface area (Å²) in [5, 5.41) is 6.57. The van der Waals surface area contributed by atoms with Gasteiger partial charge < -0.3 is 14.7 Å². The Morgan fingerprint density at radius 1 is 1.19 bits per heavy atom. The van der Waals surface area contributed by atoms with Crippen molar-refractivity contribution >= 4 is 37.7 Å². The summed E-state index contributed by atoms with van der Waals surface area (Å²) in [5.41, 5.74) is 2.06. The van der Waals surface area contributed by atoms with E-state index in [1.165, 1.54) is 4.31 Å². The summed E-state index contributed by atoms with van der Waals surface area (Å²) in [7, 11) is -3.68. The molecule has 0 bridgehead atoms. The van der Waals surface area contributed by atoms with Crippen LogP contribution < -0.4 is 5.32 Å². The number of aromatic nitrogens is 1. The first kappa shape index (κ1) is 19.8. The molecule has 0 atom stereocenters. The van der Waals surface area contributed by atoms with E-state index in [0.29, 0.717) is 24.5 Å². The molecule has 27 heavy (non-hydrogen) atoms. The maximum absolute atomic E-state index is 12.8. The van der Waals surface area contributed by atoms with E-state index in [-0.39, 0.29) is 29.8 Å². The van der Waals surface area contributed by atoms with Gasteiger partial charge in [-0.2, -0.15) is 4.31 Å². The molecule has 146 valence electrons. The largest absolute Gasteiger partial charge is 0.360 e. The molecule has 1 N–H and O–H groups in total. The fourth-order valence-corrected chi connectivity index (χ4v) is 4.99. The molecule has 2 heterocycles. The minimum absolute atomic E-state index is 0.116. The molecule has 0 unspecified atom stereocenters. The van der Waals surface area contributed by atoms with Gasteiger partial charge in [0.1, 0.15) is 10.6 Å². The number of carbonyl (C=O) groups excluding carboxylic acids is 1. The van der Waals surface area contributed by atoms with Crippen LogP contribution in [0.1, 0.15) is 17.0 Å². The Morgan fingerprint density at radius 3 is 2.41 bits per heavy atom. The van der Waals surface area contributed by atoms with E-state index in [2.05, 4.69) is 26.4 Å². The quantitative estimate of drug-likeness (QED) is 0.765. The highest BCUT2D eigenvalue weighted by Gasteiger charge is 2.34. The maximum atomic E-state index is 12.8. The molecule has 1 aliphatic rings. The molecule has 2 aromatic rings. The van der Waals surface area contributed by atoms with Crippen LogP contribution in [0.4, 0.5) is 10.5 Å². The first-order valence-corrected chi connectivity index (χ1v) is 10.7. The predicted molar refractivity (Wildman–Crippen MR) is 104 cm³/mol. The number of carbonyl (C=O) groups is 1. The number of urea groups is 1. The van der Waals surface area contributed by atoms with Crippen molar-refractivity contribution in [2.75, 3.05) is 31.5 Å².